The van der Waals surface area contributed by atoms with Crippen LogP contribution in [0.2, 0.25) is 0 Å². The van der Waals surface area contributed by atoms with Crippen LogP contribution in [0.1, 0.15) is 43.6 Å². The number of benzene rings is 1. The zero-order valence-electron chi connectivity index (χ0n) is 16.7. The number of carbonyl (C=O) groups excluding carboxylic acids is 1. The molecule has 0 aliphatic heterocycles. The van der Waals surface area contributed by atoms with Gasteiger partial charge in [-0.2, -0.15) is 0 Å². The molecule has 6 nitrogen and oxygen atoms in total. The van der Waals surface area contributed by atoms with E-state index in [2.05, 4.69) is 5.32 Å². The van der Waals surface area contributed by atoms with Gasteiger partial charge in [-0.1, -0.05) is 25.1 Å². The molecule has 29 heavy (non-hydrogen) atoms. The standard InChI is InChI=1S/C22H25N3O3S/c1-3-14(2)23-18(26)13-24-21-19(16-11-7-8-12-17(16)29-21)20(27)25(22(24)28)15-9-5-4-6-10-15/h4-6,9-10,14H,3,7-8,11-13H2,1-2H3,(H,23,26)/t14-/m1/s1. The highest BCUT2D eigenvalue weighted by Crippen LogP contribution is 2.34. The molecule has 2 heterocycles. The van der Waals surface area contributed by atoms with Crippen molar-refractivity contribution in [3.8, 4) is 5.69 Å². The molecule has 2 aromatic heterocycles. The largest absolute Gasteiger partial charge is 0.352 e. The lowest BCUT2D eigenvalue weighted by atomic mass is 9.97. The normalized spacial score (nSPS) is 14.6. The molecule has 4 rings (SSSR count). The Morgan fingerprint density at radius 3 is 2.62 bits per heavy atom. The van der Waals surface area contributed by atoms with Crippen LogP contribution in [0.4, 0.5) is 0 Å². The molecule has 1 aromatic carbocycles. The Bertz CT molecular complexity index is 1170. The summed E-state index contributed by atoms with van der Waals surface area (Å²) in [5, 5.41) is 3.53. The predicted octanol–water partition coefficient (Wildman–Crippen LogP) is 3.01. The number of aromatic nitrogens is 2. The number of nitrogens with zero attached hydrogens (tertiary/aromatic N) is 2. The van der Waals surface area contributed by atoms with Crippen LogP contribution in [0.25, 0.3) is 15.9 Å². The number of para-hydroxylation sites is 1. The van der Waals surface area contributed by atoms with E-state index in [1.807, 2.05) is 19.9 Å². The van der Waals surface area contributed by atoms with Gasteiger partial charge in [-0.25, -0.2) is 9.36 Å². The van der Waals surface area contributed by atoms with E-state index in [9.17, 15) is 14.4 Å². The van der Waals surface area contributed by atoms with Gasteiger partial charge in [0.15, 0.2) is 0 Å². The Morgan fingerprint density at radius 1 is 1.17 bits per heavy atom. The highest BCUT2D eigenvalue weighted by atomic mass is 32.1. The van der Waals surface area contributed by atoms with Gasteiger partial charge >= 0.3 is 5.69 Å². The minimum atomic E-state index is -0.466. The van der Waals surface area contributed by atoms with Crippen molar-refractivity contribution in [3.63, 3.8) is 0 Å². The SMILES string of the molecule is CC[C@@H](C)NC(=O)Cn1c(=O)n(-c2ccccc2)c(=O)c2c3c(sc21)CCCC3. The summed E-state index contributed by atoms with van der Waals surface area (Å²) in [7, 11) is 0. The molecule has 1 aliphatic rings. The van der Waals surface area contributed by atoms with Gasteiger partial charge in [0.1, 0.15) is 11.4 Å². The summed E-state index contributed by atoms with van der Waals surface area (Å²) in [5.74, 6) is -0.215. The number of fused-ring (bicyclic) bond motifs is 3. The molecule has 0 fully saturated rings. The number of thiophene rings is 1. The molecule has 1 aliphatic carbocycles. The average Bonchev–Trinajstić information content (AvgIpc) is 3.11. The molecule has 0 unspecified atom stereocenters. The van der Waals surface area contributed by atoms with Gasteiger partial charge < -0.3 is 5.32 Å². The summed E-state index contributed by atoms with van der Waals surface area (Å²) < 4.78 is 2.69. The van der Waals surface area contributed by atoms with Crippen LogP contribution in [0.3, 0.4) is 0 Å². The molecule has 0 saturated carbocycles. The maximum absolute atomic E-state index is 13.4. The van der Waals surface area contributed by atoms with Crippen molar-refractivity contribution in [3.05, 3.63) is 61.6 Å². The van der Waals surface area contributed by atoms with E-state index in [1.165, 1.54) is 25.3 Å². The van der Waals surface area contributed by atoms with E-state index in [1.54, 1.807) is 24.3 Å². The van der Waals surface area contributed by atoms with Crippen molar-refractivity contribution in [2.75, 3.05) is 0 Å². The highest BCUT2D eigenvalue weighted by Gasteiger charge is 2.25. The number of carbonyl (C=O) groups is 1. The van der Waals surface area contributed by atoms with Gasteiger partial charge in [0, 0.05) is 10.9 Å². The van der Waals surface area contributed by atoms with Crippen molar-refractivity contribution in [1.29, 1.82) is 0 Å². The fourth-order valence-electron chi connectivity index (χ4n) is 3.88. The first-order chi connectivity index (χ1) is 14.0. The Balaban J connectivity index is 1.96. The van der Waals surface area contributed by atoms with Crippen LogP contribution in [-0.4, -0.2) is 21.1 Å². The lowest BCUT2D eigenvalue weighted by Crippen LogP contribution is -2.42. The Morgan fingerprint density at radius 2 is 1.90 bits per heavy atom. The van der Waals surface area contributed by atoms with Gasteiger partial charge in [-0.15, -0.1) is 11.3 Å². The maximum atomic E-state index is 13.4. The van der Waals surface area contributed by atoms with Crippen molar-refractivity contribution >= 4 is 27.5 Å². The predicted molar refractivity (Wildman–Crippen MR) is 116 cm³/mol. The molecule has 0 radical (unpaired) electrons. The van der Waals surface area contributed by atoms with Crippen LogP contribution in [-0.2, 0) is 24.2 Å². The summed E-state index contributed by atoms with van der Waals surface area (Å²) in [5.41, 5.74) is 0.832. The van der Waals surface area contributed by atoms with E-state index in [0.29, 0.717) is 15.9 Å². The second kappa shape index (κ2) is 7.99. The summed E-state index contributed by atoms with van der Waals surface area (Å²) in [4.78, 5) is 41.2. The van der Waals surface area contributed by atoms with Gasteiger partial charge in [0.2, 0.25) is 5.91 Å². The van der Waals surface area contributed by atoms with Gasteiger partial charge in [0.05, 0.1) is 11.1 Å². The second-order valence-corrected chi connectivity index (χ2v) is 8.70. The highest BCUT2D eigenvalue weighted by molar-refractivity contribution is 7.18. The molecule has 0 bridgehead atoms. The van der Waals surface area contributed by atoms with E-state index >= 15 is 0 Å². The van der Waals surface area contributed by atoms with Crippen LogP contribution < -0.4 is 16.6 Å². The Labute approximate surface area is 172 Å². The molecule has 0 spiro atoms. The first-order valence-electron chi connectivity index (χ1n) is 10.2. The third kappa shape index (κ3) is 3.55. The topological polar surface area (TPSA) is 73.1 Å². The maximum Gasteiger partial charge on any atom is 0.337 e. The van der Waals surface area contributed by atoms with Crippen LogP contribution in [0, 0.1) is 0 Å². The van der Waals surface area contributed by atoms with E-state index < -0.39 is 5.69 Å². The molecule has 7 heteroatoms. The number of rotatable bonds is 5. The van der Waals surface area contributed by atoms with Gasteiger partial charge in [0.25, 0.3) is 5.56 Å². The average molecular weight is 412 g/mol. The molecule has 1 N–H and O–H groups in total. The molecule has 152 valence electrons. The first kappa shape index (κ1) is 19.6. The summed E-state index contributed by atoms with van der Waals surface area (Å²) in [6.07, 6.45) is 4.71. The van der Waals surface area contributed by atoms with E-state index in [-0.39, 0.29) is 24.1 Å². The summed E-state index contributed by atoms with van der Waals surface area (Å²) in [6.45, 7) is 3.84. The molecule has 0 saturated heterocycles. The molecular weight excluding hydrogens is 386 g/mol. The molecule has 3 aromatic rings. The number of nitrogens with one attached hydrogen (secondary N) is 1. The number of hydrogen-bond donors (Lipinski definition) is 1. The summed E-state index contributed by atoms with van der Waals surface area (Å²) >= 11 is 1.49. The number of hydrogen-bond acceptors (Lipinski definition) is 4. The van der Waals surface area contributed by atoms with Gasteiger partial charge in [-0.05, 0) is 56.7 Å². The fraction of sp³-hybridized carbons (Fsp3) is 0.409. The van der Waals surface area contributed by atoms with Crippen molar-refractivity contribution in [2.24, 2.45) is 0 Å². The van der Waals surface area contributed by atoms with Crippen molar-refractivity contribution in [1.82, 2.24) is 14.5 Å². The minimum Gasteiger partial charge on any atom is -0.352 e. The zero-order chi connectivity index (χ0) is 20.5. The van der Waals surface area contributed by atoms with Crippen LogP contribution in [0.15, 0.2) is 39.9 Å². The molecule has 1 atom stereocenters. The monoisotopic (exact) mass is 411 g/mol. The zero-order valence-corrected chi connectivity index (χ0v) is 17.6. The Hall–Kier alpha value is -2.67. The van der Waals surface area contributed by atoms with Crippen LogP contribution >= 0.6 is 11.3 Å². The summed E-state index contributed by atoms with van der Waals surface area (Å²) in [6, 6.07) is 8.97. The second-order valence-electron chi connectivity index (χ2n) is 7.61. The van der Waals surface area contributed by atoms with Crippen molar-refractivity contribution < 1.29 is 4.79 Å². The number of amides is 1. The molecular formula is C22H25N3O3S. The van der Waals surface area contributed by atoms with Crippen LogP contribution in [0.5, 0.6) is 0 Å². The quantitative estimate of drug-likeness (QED) is 0.701. The lowest BCUT2D eigenvalue weighted by molar-refractivity contribution is -0.122. The minimum absolute atomic E-state index is 0.0327. The third-order valence-corrected chi connectivity index (χ3v) is 6.89. The molecule has 1 amide bonds. The lowest BCUT2D eigenvalue weighted by Gasteiger charge is -2.15. The fourth-order valence-corrected chi connectivity index (χ4v) is 5.25. The van der Waals surface area contributed by atoms with Gasteiger partial charge in [-0.3, -0.25) is 14.2 Å². The Kier molecular flexibility index (Phi) is 5.41. The van der Waals surface area contributed by atoms with E-state index in [4.69, 9.17) is 0 Å². The smallest absolute Gasteiger partial charge is 0.337 e. The first-order valence-corrected chi connectivity index (χ1v) is 11.0. The van der Waals surface area contributed by atoms with Crippen molar-refractivity contribution in [2.45, 2.75) is 58.5 Å². The van der Waals surface area contributed by atoms with E-state index in [0.717, 1.165) is 37.7 Å². The number of aryl methyl sites for hydroxylation is 2. The third-order valence-electron chi connectivity index (χ3n) is 5.57.